The van der Waals surface area contributed by atoms with Crippen molar-refractivity contribution in [3.05, 3.63) is 48.0 Å². The van der Waals surface area contributed by atoms with Crippen LogP contribution in [-0.2, 0) is 20.1 Å². The van der Waals surface area contributed by atoms with Crippen molar-refractivity contribution >= 4 is 11.0 Å². The molecule has 1 aromatic carbocycles. The molecule has 0 saturated carbocycles. The summed E-state index contributed by atoms with van der Waals surface area (Å²) >= 11 is 0. The average Bonchev–Trinajstić information content (AvgIpc) is 2.95. The molecule has 0 fully saturated rings. The summed E-state index contributed by atoms with van der Waals surface area (Å²) in [5.74, 6) is 0.992. The molecule has 5 heteroatoms. The van der Waals surface area contributed by atoms with E-state index >= 15 is 0 Å². The molecule has 0 atom stereocenters. The zero-order chi connectivity index (χ0) is 13.2. The predicted octanol–water partition coefficient (Wildman–Crippen LogP) is 1.93. The zero-order valence-corrected chi connectivity index (χ0v) is 11.2. The lowest BCUT2D eigenvalue weighted by Crippen LogP contribution is -2.19. The van der Waals surface area contributed by atoms with Crippen LogP contribution in [0.25, 0.3) is 11.0 Å². The molecule has 2 heterocycles. The maximum Gasteiger partial charge on any atom is 0.121 e. The van der Waals surface area contributed by atoms with E-state index in [2.05, 4.69) is 27.0 Å². The van der Waals surface area contributed by atoms with Crippen molar-refractivity contribution in [1.82, 2.24) is 24.6 Å². The van der Waals surface area contributed by atoms with Gasteiger partial charge in [-0.2, -0.15) is 5.10 Å². The van der Waals surface area contributed by atoms with Crippen molar-refractivity contribution in [2.24, 2.45) is 7.05 Å². The van der Waals surface area contributed by atoms with Gasteiger partial charge in [-0.25, -0.2) is 4.98 Å². The van der Waals surface area contributed by atoms with Gasteiger partial charge in [-0.1, -0.05) is 12.1 Å². The van der Waals surface area contributed by atoms with E-state index in [1.807, 2.05) is 48.3 Å². The Balaban J connectivity index is 1.72. The molecule has 5 nitrogen and oxygen atoms in total. The number of nitrogens with one attached hydrogen (secondary N) is 1. The average molecular weight is 255 g/mol. The quantitative estimate of drug-likeness (QED) is 0.775. The largest absolute Gasteiger partial charge is 0.341 e. The molecule has 3 rings (SSSR count). The van der Waals surface area contributed by atoms with Gasteiger partial charge >= 0.3 is 0 Å². The Morgan fingerprint density at radius 3 is 2.79 bits per heavy atom. The monoisotopic (exact) mass is 255 g/mol. The Morgan fingerprint density at radius 2 is 2.05 bits per heavy atom. The Hall–Kier alpha value is -2.14. The number of benzene rings is 1. The molecule has 3 aromatic rings. The van der Waals surface area contributed by atoms with E-state index in [0.717, 1.165) is 29.9 Å². The third kappa shape index (κ3) is 2.51. The standard InChI is InChI=1S/C14H17N5/c1-18(9-11-7-8-15-19(11)2)10-14-16-12-5-3-4-6-13(12)17-14/h3-8H,9-10H2,1-2H3,(H,16,17). The molecule has 2 aromatic heterocycles. The second-order valence-electron chi connectivity index (χ2n) is 4.82. The van der Waals surface area contributed by atoms with E-state index in [4.69, 9.17) is 0 Å². The molecule has 0 saturated heterocycles. The number of hydrogen-bond acceptors (Lipinski definition) is 3. The molecule has 0 aliphatic carbocycles. The van der Waals surface area contributed by atoms with Gasteiger partial charge in [0.15, 0.2) is 0 Å². The van der Waals surface area contributed by atoms with Crippen LogP contribution in [-0.4, -0.2) is 31.7 Å². The fourth-order valence-electron chi connectivity index (χ4n) is 2.23. The first kappa shape index (κ1) is 11.9. The minimum Gasteiger partial charge on any atom is -0.341 e. The lowest BCUT2D eigenvalue weighted by atomic mass is 10.3. The molecular weight excluding hydrogens is 238 g/mol. The Kier molecular flexibility index (Phi) is 3.05. The third-order valence-electron chi connectivity index (χ3n) is 3.21. The molecule has 0 bridgehead atoms. The topological polar surface area (TPSA) is 49.7 Å². The number of aromatic nitrogens is 4. The van der Waals surface area contributed by atoms with Gasteiger partial charge in [-0.05, 0) is 25.2 Å². The number of nitrogens with zero attached hydrogens (tertiary/aromatic N) is 4. The zero-order valence-electron chi connectivity index (χ0n) is 11.2. The number of fused-ring (bicyclic) bond motifs is 1. The lowest BCUT2D eigenvalue weighted by Gasteiger charge is -2.14. The number of aryl methyl sites for hydroxylation is 1. The maximum absolute atomic E-state index is 4.58. The van der Waals surface area contributed by atoms with Crippen LogP contribution < -0.4 is 0 Å². The van der Waals surface area contributed by atoms with E-state index in [1.165, 1.54) is 5.69 Å². The summed E-state index contributed by atoms with van der Waals surface area (Å²) in [6, 6.07) is 10.1. The van der Waals surface area contributed by atoms with Crippen LogP contribution in [0.3, 0.4) is 0 Å². The Bertz CT molecular complexity index is 649. The van der Waals surface area contributed by atoms with Crippen molar-refractivity contribution in [3.8, 4) is 0 Å². The molecule has 98 valence electrons. The highest BCUT2D eigenvalue weighted by atomic mass is 15.3. The van der Waals surface area contributed by atoms with Gasteiger partial charge in [0.25, 0.3) is 0 Å². The first-order valence-electron chi connectivity index (χ1n) is 6.31. The van der Waals surface area contributed by atoms with Crippen molar-refractivity contribution in [2.75, 3.05) is 7.05 Å². The first-order valence-corrected chi connectivity index (χ1v) is 6.31. The number of para-hydroxylation sites is 2. The Morgan fingerprint density at radius 1 is 1.21 bits per heavy atom. The highest BCUT2D eigenvalue weighted by molar-refractivity contribution is 5.74. The van der Waals surface area contributed by atoms with Crippen molar-refractivity contribution < 1.29 is 0 Å². The van der Waals surface area contributed by atoms with Crippen LogP contribution in [0.1, 0.15) is 11.5 Å². The van der Waals surface area contributed by atoms with E-state index in [0.29, 0.717) is 0 Å². The minimum absolute atomic E-state index is 0.792. The summed E-state index contributed by atoms with van der Waals surface area (Å²) in [5.41, 5.74) is 3.30. The smallest absolute Gasteiger partial charge is 0.121 e. The fraction of sp³-hybridized carbons (Fsp3) is 0.286. The van der Waals surface area contributed by atoms with Gasteiger partial charge < -0.3 is 4.98 Å². The van der Waals surface area contributed by atoms with Gasteiger partial charge in [0.05, 0.1) is 23.3 Å². The molecular formula is C14H17N5. The Labute approximate surface area is 111 Å². The number of hydrogen-bond donors (Lipinski definition) is 1. The molecule has 1 N–H and O–H groups in total. The van der Waals surface area contributed by atoms with E-state index in [-0.39, 0.29) is 0 Å². The number of rotatable bonds is 4. The van der Waals surface area contributed by atoms with Crippen molar-refractivity contribution in [2.45, 2.75) is 13.1 Å². The second kappa shape index (κ2) is 4.85. The van der Waals surface area contributed by atoms with Gasteiger partial charge in [-0.15, -0.1) is 0 Å². The van der Waals surface area contributed by atoms with Gasteiger partial charge in [-0.3, -0.25) is 9.58 Å². The van der Waals surface area contributed by atoms with Gasteiger partial charge in [0.2, 0.25) is 0 Å². The number of H-pyrrole nitrogens is 1. The summed E-state index contributed by atoms with van der Waals surface area (Å²) in [7, 11) is 4.05. The number of aromatic amines is 1. The van der Waals surface area contributed by atoms with Crippen molar-refractivity contribution in [3.63, 3.8) is 0 Å². The molecule has 0 amide bonds. The first-order chi connectivity index (χ1) is 9.22. The molecule has 0 spiro atoms. The van der Waals surface area contributed by atoms with Crippen LogP contribution in [0.2, 0.25) is 0 Å². The molecule has 0 aliphatic rings. The van der Waals surface area contributed by atoms with E-state index in [9.17, 15) is 0 Å². The van der Waals surface area contributed by atoms with Crippen LogP contribution >= 0.6 is 0 Å². The molecule has 0 unspecified atom stereocenters. The number of imidazole rings is 1. The van der Waals surface area contributed by atoms with Crippen molar-refractivity contribution in [1.29, 1.82) is 0 Å². The van der Waals surface area contributed by atoms with Crippen LogP contribution in [0.15, 0.2) is 36.5 Å². The van der Waals surface area contributed by atoms with E-state index in [1.54, 1.807) is 0 Å². The van der Waals surface area contributed by atoms with E-state index < -0.39 is 0 Å². The van der Waals surface area contributed by atoms with Crippen LogP contribution in [0.4, 0.5) is 0 Å². The summed E-state index contributed by atoms with van der Waals surface area (Å²) in [6.45, 7) is 1.65. The van der Waals surface area contributed by atoms with Gasteiger partial charge in [0, 0.05) is 19.8 Å². The molecule has 19 heavy (non-hydrogen) atoms. The molecule has 0 aliphatic heterocycles. The second-order valence-corrected chi connectivity index (χ2v) is 4.82. The molecule has 0 radical (unpaired) electrons. The normalized spacial score (nSPS) is 11.5. The lowest BCUT2D eigenvalue weighted by molar-refractivity contribution is 0.303. The van der Waals surface area contributed by atoms with Crippen LogP contribution in [0.5, 0.6) is 0 Å². The summed E-state index contributed by atoms with van der Waals surface area (Å²) in [4.78, 5) is 10.1. The highest BCUT2D eigenvalue weighted by Gasteiger charge is 2.07. The summed E-state index contributed by atoms with van der Waals surface area (Å²) in [6.07, 6.45) is 1.82. The summed E-state index contributed by atoms with van der Waals surface area (Å²) in [5, 5.41) is 4.18. The summed E-state index contributed by atoms with van der Waals surface area (Å²) < 4.78 is 1.90. The highest BCUT2D eigenvalue weighted by Crippen LogP contribution is 2.12. The third-order valence-corrected chi connectivity index (χ3v) is 3.21. The van der Waals surface area contributed by atoms with Crippen LogP contribution in [0, 0.1) is 0 Å². The van der Waals surface area contributed by atoms with Gasteiger partial charge in [0.1, 0.15) is 5.82 Å². The maximum atomic E-state index is 4.58. The SMILES string of the molecule is CN(Cc1nc2ccccc2[nH]1)Cc1ccnn1C. The predicted molar refractivity (Wildman–Crippen MR) is 74.5 cm³/mol. The minimum atomic E-state index is 0.792. The fourth-order valence-corrected chi connectivity index (χ4v) is 2.23.